The van der Waals surface area contributed by atoms with Gasteiger partial charge in [-0.2, -0.15) is 0 Å². The van der Waals surface area contributed by atoms with Crippen LogP contribution in [0.3, 0.4) is 0 Å². The third-order valence-corrected chi connectivity index (χ3v) is 4.66. The van der Waals surface area contributed by atoms with E-state index in [1.165, 1.54) is 9.80 Å². The fraction of sp³-hybridized carbons (Fsp3) is 0.375. The van der Waals surface area contributed by atoms with Gasteiger partial charge in [0.2, 0.25) is 5.91 Å². The van der Waals surface area contributed by atoms with Crippen molar-refractivity contribution in [2.75, 3.05) is 42.5 Å². The molecule has 4 amide bonds. The Morgan fingerprint density at radius 1 is 1.15 bits per heavy atom. The lowest BCUT2D eigenvalue weighted by molar-refractivity contribution is -0.120. The summed E-state index contributed by atoms with van der Waals surface area (Å²) >= 11 is 0. The molecule has 0 saturated carbocycles. The number of fused-ring (bicyclic) bond motifs is 1. The first-order valence-electron chi connectivity index (χ1n) is 8.26. The van der Waals surface area contributed by atoms with Gasteiger partial charge in [-0.25, -0.2) is 9.59 Å². The van der Waals surface area contributed by atoms with Gasteiger partial charge in [0.05, 0.1) is 5.39 Å². The van der Waals surface area contributed by atoms with Crippen molar-refractivity contribution in [2.45, 2.75) is 6.42 Å². The maximum Gasteiger partial charge on any atom is 0.407 e. The fourth-order valence-corrected chi connectivity index (χ4v) is 3.23. The summed E-state index contributed by atoms with van der Waals surface area (Å²) in [6.07, 6.45) is -0.690. The molecule has 10 nitrogen and oxygen atoms in total. The van der Waals surface area contributed by atoms with E-state index in [9.17, 15) is 14.4 Å². The Morgan fingerprint density at radius 3 is 2.62 bits per heavy atom. The molecule has 136 valence electrons. The van der Waals surface area contributed by atoms with Gasteiger partial charge in [-0.15, -0.1) is 0 Å². The average Bonchev–Trinajstić information content (AvgIpc) is 3.05. The zero-order valence-electron chi connectivity index (χ0n) is 13.8. The Bertz CT molecular complexity index is 886. The van der Waals surface area contributed by atoms with Crippen LogP contribution in [-0.4, -0.2) is 65.9 Å². The number of aromatic nitrogens is 1. The highest BCUT2D eigenvalue weighted by Gasteiger charge is 2.28. The number of nitrogens with one attached hydrogen (secondary N) is 1. The number of carboxylic acid groups (broad SMARTS) is 1. The smallest absolute Gasteiger partial charge is 0.407 e. The fourth-order valence-electron chi connectivity index (χ4n) is 3.23. The maximum atomic E-state index is 12.0. The molecule has 2 aliphatic rings. The number of carbonyl (C=O) groups excluding carboxylic acids is 2. The molecule has 2 saturated heterocycles. The third-order valence-electron chi connectivity index (χ3n) is 4.66. The molecule has 1 aromatic heterocycles. The Labute approximate surface area is 147 Å². The first-order valence-corrected chi connectivity index (χ1v) is 8.26. The van der Waals surface area contributed by atoms with Crippen molar-refractivity contribution in [3.63, 3.8) is 0 Å². The molecular weight excluding hydrogens is 342 g/mol. The minimum Gasteiger partial charge on any atom is -0.465 e. The van der Waals surface area contributed by atoms with Crippen molar-refractivity contribution in [2.24, 2.45) is 0 Å². The summed E-state index contributed by atoms with van der Waals surface area (Å²) in [4.78, 5) is 39.1. The van der Waals surface area contributed by atoms with Gasteiger partial charge in [0.15, 0.2) is 11.4 Å². The summed E-state index contributed by atoms with van der Waals surface area (Å²) in [5.74, 6) is 0.0779. The number of nitrogens with zero attached hydrogens (tertiary/aromatic N) is 4. The van der Waals surface area contributed by atoms with Gasteiger partial charge in [-0.3, -0.25) is 15.0 Å². The third kappa shape index (κ3) is 2.79. The summed E-state index contributed by atoms with van der Waals surface area (Å²) in [7, 11) is 0. The highest BCUT2D eigenvalue weighted by molar-refractivity contribution is 6.08. The molecule has 0 aliphatic carbocycles. The van der Waals surface area contributed by atoms with Gasteiger partial charge in [0.1, 0.15) is 0 Å². The molecular formula is C16H17N5O5. The molecule has 3 heterocycles. The second-order valence-electron chi connectivity index (χ2n) is 6.20. The Kier molecular flexibility index (Phi) is 3.86. The molecule has 2 aliphatic heterocycles. The minimum atomic E-state index is -0.904. The van der Waals surface area contributed by atoms with Gasteiger partial charge < -0.3 is 19.4 Å². The molecule has 0 spiro atoms. The summed E-state index contributed by atoms with van der Waals surface area (Å²) in [6.45, 7) is 2.32. The predicted octanol–water partition coefficient (Wildman–Crippen LogP) is 1.07. The molecule has 0 unspecified atom stereocenters. The van der Waals surface area contributed by atoms with Crippen molar-refractivity contribution in [1.29, 1.82) is 0 Å². The number of rotatable bonds is 2. The van der Waals surface area contributed by atoms with Crippen LogP contribution >= 0.6 is 0 Å². The van der Waals surface area contributed by atoms with Gasteiger partial charge in [-0.1, -0.05) is 5.16 Å². The van der Waals surface area contributed by atoms with Crippen molar-refractivity contribution < 1.29 is 24.0 Å². The second-order valence-corrected chi connectivity index (χ2v) is 6.20. The van der Waals surface area contributed by atoms with E-state index in [2.05, 4.69) is 15.4 Å². The van der Waals surface area contributed by atoms with Crippen molar-refractivity contribution in [1.82, 2.24) is 15.4 Å². The summed E-state index contributed by atoms with van der Waals surface area (Å²) < 4.78 is 5.38. The highest BCUT2D eigenvalue weighted by atomic mass is 16.5. The monoisotopic (exact) mass is 359 g/mol. The first kappa shape index (κ1) is 16.2. The van der Waals surface area contributed by atoms with Crippen molar-refractivity contribution >= 4 is 40.5 Å². The molecule has 2 fully saturated rings. The van der Waals surface area contributed by atoms with Crippen molar-refractivity contribution in [3.05, 3.63) is 18.2 Å². The van der Waals surface area contributed by atoms with Gasteiger partial charge in [0.25, 0.3) is 0 Å². The first-order chi connectivity index (χ1) is 12.5. The molecule has 0 radical (unpaired) electrons. The lowest BCUT2D eigenvalue weighted by Crippen LogP contribution is -2.49. The average molecular weight is 359 g/mol. The molecule has 0 atom stereocenters. The largest absolute Gasteiger partial charge is 0.465 e. The lowest BCUT2D eigenvalue weighted by Gasteiger charge is -2.34. The molecule has 1 aromatic carbocycles. The molecule has 4 rings (SSSR count). The zero-order chi connectivity index (χ0) is 18.3. The van der Waals surface area contributed by atoms with Crippen LogP contribution in [0.1, 0.15) is 6.42 Å². The molecule has 2 N–H and O–H groups in total. The van der Waals surface area contributed by atoms with Crippen LogP contribution in [0.25, 0.3) is 11.0 Å². The molecule has 2 aromatic rings. The van der Waals surface area contributed by atoms with Crippen LogP contribution in [0.5, 0.6) is 0 Å². The van der Waals surface area contributed by atoms with Crippen LogP contribution in [-0.2, 0) is 4.79 Å². The Morgan fingerprint density at radius 2 is 1.92 bits per heavy atom. The topological polar surface area (TPSA) is 119 Å². The Balaban J connectivity index is 1.55. The lowest BCUT2D eigenvalue weighted by atomic mass is 10.2. The van der Waals surface area contributed by atoms with Gasteiger partial charge in [0, 0.05) is 50.9 Å². The number of anilines is 2. The van der Waals surface area contributed by atoms with E-state index in [1.54, 1.807) is 0 Å². The number of piperazine rings is 1. The van der Waals surface area contributed by atoms with E-state index >= 15 is 0 Å². The van der Waals surface area contributed by atoms with Gasteiger partial charge >= 0.3 is 12.1 Å². The number of carbonyl (C=O) groups is 3. The number of urea groups is 1. The van der Waals surface area contributed by atoms with Gasteiger partial charge in [-0.05, 0) is 12.1 Å². The van der Waals surface area contributed by atoms with Crippen LogP contribution in [0.2, 0.25) is 0 Å². The minimum absolute atomic E-state index is 0.214. The quantitative estimate of drug-likeness (QED) is 0.823. The van der Waals surface area contributed by atoms with E-state index < -0.39 is 12.1 Å². The SMILES string of the molecule is O=C1CCN(c2noc3cc(N4CCN(C(=O)O)CC4)ccc23)C(=O)N1. The predicted molar refractivity (Wildman–Crippen MR) is 91.3 cm³/mol. The van der Waals surface area contributed by atoms with E-state index in [1.807, 2.05) is 18.2 Å². The van der Waals surface area contributed by atoms with E-state index in [0.717, 1.165) is 5.69 Å². The molecule has 26 heavy (non-hydrogen) atoms. The summed E-state index contributed by atoms with van der Waals surface area (Å²) in [5, 5.41) is 16.0. The maximum absolute atomic E-state index is 12.0. The van der Waals surface area contributed by atoms with Crippen LogP contribution in [0, 0.1) is 0 Å². The summed E-state index contributed by atoms with van der Waals surface area (Å²) in [6, 6.07) is 5.04. The number of hydrogen-bond donors (Lipinski definition) is 2. The number of hydrogen-bond acceptors (Lipinski definition) is 6. The number of benzene rings is 1. The molecule has 10 heteroatoms. The summed E-state index contributed by atoms with van der Waals surface area (Å²) in [5.41, 5.74) is 1.44. The Hall–Kier alpha value is -3.30. The van der Waals surface area contributed by atoms with Crippen LogP contribution in [0.4, 0.5) is 21.1 Å². The number of amides is 4. The van der Waals surface area contributed by atoms with E-state index in [0.29, 0.717) is 43.0 Å². The van der Waals surface area contributed by atoms with Crippen LogP contribution in [0.15, 0.2) is 22.7 Å². The molecule has 0 bridgehead atoms. The second kappa shape index (κ2) is 6.21. The normalized spacial score (nSPS) is 18.4. The van der Waals surface area contributed by atoms with Crippen LogP contribution < -0.4 is 15.1 Å². The van der Waals surface area contributed by atoms with E-state index in [-0.39, 0.29) is 18.9 Å². The number of imide groups is 1. The highest BCUT2D eigenvalue weighted by Crippen LogP contribution is 2.30. The van der Waals surface area contributed by atoms with E-state index in [4.69, 9.17) is 9.63 Å². The zero-order valence-corrected chi connectivity index (χ0v) is 13.8. The standard InChI is InChI=1S/C16H17N5O5/c22-13-3-4-21(15(23)17-13)14-11-2-1-10(9-12(11)26-18-14)19-5-7-20(8-6-19)16(24)25/h1-2,9H,3-8H2,(H,24,25)(H,17,22,23). The van der Waals surface area contributed by atoms with Crippen molar-refractivity contribution in [3.8, 4) is 0 Å².